The molecule has 5 heteroatoms. The zero-order chi connectivity index (χ0) is 18.4. The monoisotopic (exact) mass is 341 g/mol. The number of hydrogen-bond acceptors (Lipinski definition) is 4. The van der Waals surface area contributed by atoms with Crippen LogP contribution in [0.25, 0.3) is 0 Å². The molecule has 0 aliphatic carbocycles. The predicted molar refractivity (Wildman–Crippen MR) is 97.7 cm³/mol. The average molecular weight is 341 g/mol. The Labute approximate surface area is 148 Å². The summed E-state index contributed by atoms with van der Waals surface area (Å²) in [6.07, 6.45) is 0.651. The molecule has 1 amide bonds. The summed E-state index contributed by atoms with van der Waals surface area (Å²) in [5.74, 6) is 0.276. The molecule has 5 nitrogen and oxygen atoms in total. The van der Waals surface area contributed by atoms with Gasteiger partial charge in [0.2, 0.25) is 5.91 Å². The Morgan fingerprint density at radius 2 is 1.64 bits per heavy atom. The summed E-state index contributed by atoms with van der Waals surface area (Å²) in [4.78, 5) is 24.8. The van der Waals surface area contributed by atoms with Gasteiger partial charge in [0.25, 0.3) is 0 Å². The SMILES string of the molecule is CCC(C(=O)Nc1cc(OC)c(OC)cc1C(C)=O)c1ccccc1. The molecule has 132 valence electrons. The molecule has 1 atom stereocenters. The van der Waals surface area contributed by atoms with E-state index in [9.17, 15) is 9.59 Å². The summed E-state index contributed by atoms with van der Waals surface area (Å²) < 4.78 is 10.5. The summed E-state index contributed by atoms with van der Waals surface area (Å²) in [6.45, 7) is 3.41. The van der Waals surface area contributed by atoms with Gasteiger partial charge in [-0.3, -0.25) is 9.59 Å². The quantitative estimate of drug-likeness (QED) is 0.772. The molecule has 0 aromatic heterocycles. The molecule has 0 saturated heterocycles. The third-order valence-corrected chi connectivity index (χ3v) is 4.09. The number of anilines is 1. The Balaban J connectivity index is 2.37. The Bertz CT molecular complexity index is 756. The molecule has 1 unspecified atom stereocenters. The number of amides is 1. The Morgan fingerprint density at radius 1 is 1.04 bits per heavy atom. The highest BCUT2D eigenvalue weighted by atomic mass is 16.5. The van der Waals surface area contributed by atoms with Gasteiger partial charge in [-0.1, -0.05) is 37.3 Å². The van der Waals surface area contributed by atoms with E-state index in [-0.39, 0.29) is 17.6 Å². The number of carbonyl (C=O) groups is 2. The van der Waals surface area contributed by atoms with Gasteiger partial charge >= 0.3 is 0 Å². The molecule has 1 N–H and O–H groups in total. The van der Waals surface area contributed by atoms with E-state index in [0.717, 1.165) is 5.56 Å². The first kappa shape index (κ1) is 18.5. The van der Waals surface area contributed by atoms with Crippen LogP contribution in [0.2, 0.25) is 0 Å². The van der Waals surface area contributed by atoms with E-state index >= 15 is 0 Å². The second kappa shape index (κ2) is 8.33. The molecular formula is C20H23NO4. The number of ether oxygens (including phenoxy) is 2. The van der Waals surface area contributed by atoms with Gasteiger partial charge < -0.3 is 14.8 Å². The van der Waals surface area contributed by atoms with Gasteiger partial charge in [0.15, 0.2) is 17.3 Å². The third-order valence-electron chi connectivity index (χ3n) is 4.09. The van der Waals surface area contributed by atoms with Crippen LogP contribution in [0.3, 0.4) is 0 Å². The number of benzene rings is 2. The van der Waals surface area contributed by atoms with Crippen LogP contribution in [-0.2, 0) is 4.79 Å². The minimum absolute atomic E-state index is 0.163. The zero-order valence-corrected chi connectivity index (χ0v) is 15.0. The summed E-state index contributed by atoms with van der Waals surface area (Å²) in [5, 5.41) is 2.87. The molecule has 0 spiro atoms. The zero-order valence-electron chi connectivity index (χ0n) is 15.0. The maximum absolute atomic E-state index is 12.8. The molecule has 0 heterocycles. The number of rotatable bonds is 7. The lowest BCUT2D eigenvalue weighted by Crippen LogP contribution is -2.22. The minimum atomic E-state index is -0.297. The molecule has 2 aromatic rings. The summed E-state index contributed by atoms with van der Waals surface area (Å²) in [6, 6.07) is 12.8. The summed E-state index contributed by atoms with van der Waals surface area (Å²) >= 11 is 0. The highest BCUT2D eigenvalue weighted by molar-refractivity contribution is 6.05. The lowest BCUT2D eigenvalue weighted by atomic mass is 9.95. The van der Waals surface area contributed by atoms with Crippen molar-refractivity contribution in [2.24, 2.45) is 0 Å². The first-order valence-electron chi connectivity index (χ1n) is 8.14. The first-order valence-corrected chi connectivity index (χ1v) is 8.14. The molecule has 0 saturated carbocycles. The van der Waals surface area contributed by atoms with Gasteiger partial charge in [0.05, 0.1) is 25.8 Å². The molecule has 2 rings (SSSR count). The van der Waals surface area contributed by atoms with Gasteiger partial charge in [0.1, 0.15) is 0 Å². The van der Waals surface area contributed by atoms with Gasteiger partial charge in [-0.05, 0) is 25.0 Å². The lowest BCUT2D eigenvalue weighted by molar-refractivity contribution is -0.117. The first-order chi connectivity index (χ1) is 12.0. The van der Waals surface area contributed by atoms with E-state index in [2.05, 4.69) is 5.32 Å². The van der Waals surface area contributed by atoms with Crippen LogP contribution in [0.15, 0.2) is 42.5 Å². The minimum Gasteiger partial charge on any atom is -0.493 e. The second-order valence-corrected chi connectivity index (χ2v) is 5.67. The van der Waals surface area contributed by atoms with Crippen molar-refractivity contribution >= 4 is 17.4 Å². The maximum Gasteiger partial charge on any atom is 0.231 e. The van der Waals surface area contributed by atoms with Crippen LogP contribution in [0.4, 0.5) is 5.69 Å². The third kappa shape index (κ3) is 4.18. The van der Waals surface area contributed by atoms with E-state index in [1.165, 1.54) is 21.1 Å². The molecule has 0 radical (unpaired) electrons. The van der Waals surface area contributed by atoms with Crippen molar-refractivity contribution in [1.29, 1.82) is 0 Å². The van der Waals surface area contributed by atoms with Crippen LogP contribution < -0.4 is 14.8 Å². The van der Waals surface area contributed by atoms with E-state index in [1.54, 1.807) is 12.1 Å². The molecule has 0 fully saturated rings. The highest BCUT2D eigenvalue weighted by Crippen LogP contribution is 2.34. The fourth-order valence-corrected chi connectivity index (χ4v) is 2.75. The van der Waals surface area contributed by atoms with Crippen LogP contribution in [0, 0.1) is 0 Å². The fraction of sp³-hybridized carbons (Fsp3) is 0.300. The van der Waals surface area contributed by atoms with Crippen molar-refractivity contribution in [3.05, 3.63) is 53.6 Å². The second-order valence-electron chi connectivity index (χ2n) is 5.67. The highest BCUT2D eigenvalue weighted by Gasteiger charge is 2.22. The number of ketones is 1. The lowest BCUT2D eigenvalue weighted by Gasteiger charge is -2.18. The smallest absolute Gasteiger partial charge is 0.231 e. The average Bonchev–Trinajstić information content (AvgIpc) is 2.62. The van der Waals surface area contributed by atoms with Crippen LogP contribution >= 0.6 is 0 Å². The van der Waals surface area contributed by atoms with Crippen molar-refractivity contribution in [1.82, 2.24) is 0 Å². The molecule has 25 heavy (non-hydrogen) atoms. The molecular weight excluding hydrogens is 318 g/mol. The number of nitrogens with one attached hydrogen (secondary N) is 1. The molecule has 0 aliphatic heterocycles. The number of hydrogen-bond donors (Lipinski definition) is 1. The summed E-state index contributed by atoms with van der Waals surface area (Å²) in [5.41, 5.74) is 1.74. The Hall–Kier alpha value is -2.82. The van der Waals surface area contributed by atoms with Crippen LogP contribution in [-0.4, -0.2) is 25.9 Å². The predicted octanol–water partition coefficient (Wildman–Crippen LogP) is 4.04. The van der Waals surface area contributed by atoms with Gasteiger partial charge in [0, 0.05) is 11.6 Å². The number of Topliss-reactive ketones (excluding diaryl/α,β-unsaturated/α-hetero) is 1. The van der Waals surface area contributed by atoms with Gasteiger partial charge in [-0.25, -0.2) is 0 Å². The van der Waals surface area contributed by atoms with Crippen LogP contribution in [0.1, 0.15) is 42.1 Å². The molecule has 2 aromatic carbocycles. The van der Waals surface area contributed by atoms with Crippen molar-refractivity contribution in [3.63, 3.8) is 0 Å². The molecule has 0 bridgehead atoms. The van der Waals surface area contributed by atoms with Crippen molar-refractivity contribution in [3.8, 4) is 11.5 Å². The van der Waals surface area contributed by atoms with E-state index in [4.69, 9.17) is 9.47 Å². The van der Waals surface area contributed by atoms with E-state index in [1.807, 2.05) is 37.3 Å². The number of methoxy groups -OCH3 is 2. The van der Waals surface area contributed by atoms with Gasteiger partial charge in [-0.15, -0.1) is 0 Å². The van der Waals surface area contributed by atoms with Crippen LogP contribution in [0.5, 0.6) is 11.5 Å². The topological polar surface area (TPSA) is 64.6 Å². The number of carbonyl (C=O) groups excluding carboxylic acids is 2. The van der Waals surface area contributed by atoms with Crippen molar-refractivity contribution in [2.75, 3.05) is 19.5 Å². The normalized spacial score (nSPS) is 11.5. The van der Waals surface area contributed by atoms with Crippen molar-refractivity contribution < 1.29 is 19.1 Å². The van der Waals surface area contributed by atoms with E-state index < -0.39 is 0 Å². The van der Waals surface area contributed by atoms with Gasteiger partial charge in [-0.2, -0.15) is 0 Å². The fourth-order valence-electron chi connectivity index (χ4n) is 2.75. The molecule has 0 aliphatic rings. The Morgan fingerprint density at radius 3 is 2.16 bits per heavy atom. The standard InChI is InChI=1S/C20H23NO4/c1-5-15(14-9-7-6-8-10-14)20(23)21-17-12-19(25-4)18(24-3)11-16(17)13(2)22/h6-12,15H,5H2,1-4H3,(H,21,23). The maximum atomic E-state index is 12.8. The van der Waals surface area contributed by atoms with E-state index in [0.29, 0.717) is 29.2 Å². The van der Waals surface area contributed by atoms with Crippen molar-refractivity contribution in [2.45, 2.75) is 26.2 Å². The Kier molecular flexibility index (Phi) is 6.17. The largest absolute Gasteiger partial charge is 0.493 e. The summed E-state index contributed by atoms with van der Waals surface area (Å²) in [7, 11) is 3.01.